The lowest BCUT2D eigenvalue weighted by Crippen LogP contribution is -2.14. The van der Waals surface area contributed by atoms with Crippen LogP contribution in [0.15, 0.2) is 29.0 Å². The summed E-state index contributed by atoms with van der Waals surface area (Å²) in [6, 6.07) is 1.47. The summed E-state index contributed by atoms with van der Waals surface area (Å²) in [6.45, 7) is 0. The van der Waals surface area contributed by atoms with Crippen molar-refractivity contribution in [1.29, 1.82) is 0 Å². The van der Waals surface area contributed by atoms with Gasteiger partial charge in [-0.3, -0.25) is 0 Å². The van der Waals surface area contributed by atoms with Crippen molar-refractivity contribution in [3.05, 3.63) is 40.3 Å². The molecule has 0 aliphatic carbocycles. The third-order valence-corrected chi connectivity index (χ3v) is 2.57. The van der Waals surface area contributed by atoms with E-state index in [1.807, 2.05) is 0 Å². The Labute approximate surface area is 112 Å². The zero-order valence-corrected chi connectivity index (χ0v) is 10.6. The second-order valence-corrected chi connectivity index (χ2v) is 4.39. The molecule has 5 nitrogen and oxygen atoms in total. The lowest BCUT2D eigenvalue weighted by molar-refractivity contribution is -0.141. The molecule has 0 radical (unpaired) electrons. The Hall–Kier alpha value is -1.90. The van der Waals surface area contributed by atoms with Crippen LogP contribution < -0.4 is 0 Å². The van der Waals surface area contributed by atoms with Gasteiger partial charge >= 0.3 is 12.1 Å². The minimum atomic E-state index is -4.66. The van der Waals surface area contributed by atoms with E-state index < -0.39 is 23.7 Å². The molecule has 0 aliphatic heterocycles. The van der Waals surface area contributed by atoms with Crippen molar-refractivity contribution in [3.8, 4) is 5.82 Å². The van der Waals surface area contributed by atoms with E-state index in [0.717, 1.165) is 10.7 Å². The van der Waals surface area contributed by atoms with Crippen LogP contribution in [0.3, 0.4) is 0 Å². The van der Waals surface area contributed by atoms with Crippen LogP contribution in [-0.4, -0.2) is 25.8 Å². The van der Waals surface area contributed by atoms with Crippen molar-refractivity contribution in [3.63, 3.8) is 0 Å². The SMILES string of the molecule is O=C(O)c1ccc(C(F)(F)F)nc1-n1cc(Br)cn1. The number of carboxylic acid groups (broad SMARTS) is 1. The molecule has 100 valence electrons. The van der Waals surface area contributed by atoms with Crippen molar-refractivity contribution in [2.24, 2.45) is 0 Å². The molecule has 0 saturated carbocycles. The highest BCUT2D eigenvalue weighted by molar-refractivity contribution is 9.10. The minimum Gasteiger partial charge on any atom is -0.478 e. The molecule has 0 spiro atoms. The summed E-state index contributed by atoms with van der Waals surface area (Å²) in [7, 11) is 0. The smallest absolute Gasteiger partial charge is 0.433 e. The van der Waals surface area contributed by atoms with E-state index in [1.54, 1.807) is 0 Å². The fourth-order valence-electron chi connectivity index (χ4n) is 1.36. The van der Waals surface area contributed by atoms with Crippen LogP contribution >= 0.6 is 15.9 Å². The van der Waals surface area contributed by atoms with Gasteiger partial charge in [-0.15, -0.1) is 0 Å². The Balaban J connectivity index is 2.64. The van der Waals surface area contributed by atoms with Gasteiger partial charge in [0.1, 0.15) is 11.3 Å². The molecule has 2 aromatic rings. The van der Waals surface area contributed by atoms with Crippen molar-refractivity contribution in [2.75, 3.05) is 0 Å². The fourth-order valence-corrected chi connectivity index (χ4v) is 1.65. The van der Waals surface area contributed by atoms with Crippen LogP contribution in [0.5, 0.6) is 0 Å². The first-order valence-electron chi connectivity index (χ1n) is 4.81. The number of pyridine rings is 1. The van der Waals surface area contributed by atoms with Crippen molar-refractivity contribution >= 4 is 21.9 Å². The maximum atomic E-state index is 12.6. The quantitative estimate of drug-likeness (QED) is 0.916. The van der Waals surface area contributed by atoms with Gasteiger partial charge in [0.2, 0.25) is 0 Å². The Bertz CT molecular complexity index is 639. The van der Waals surface area contributed by atoms with E-state index >= 15 is 0 Å². The molecule has 0 atom stereocenters. The molecule has 0 saturated heterocycles. The third-order valence-electron chi connectivity index (χ3n) is 2.16. The molecule has 2 aromatic heterocycles. The highest BCUT2D eigenvalue weighted by Gasteiger charge is 2.33. The summed E-state index contributed by atoms with van der Waals surface area (Å²) in [6.07, 6.45) is -2.03. The first-order valence-corrected chi connectivity index (χ1v) is 5.60. The molecule has 0 aromatic carbocycles. The van der Waals surface area contributed by atoms with Crippen LogP contribution in [0, 0.1) is 0 Å². The van der Waals surface area contributed by atoms with Crippen molar-refractivity contribution in [1.82, 2.24) is 14.8 Å². The van der Waals surface area contributed by atoms with Crippen LogP contribution in [0.4, 0.5) is 13.2 Å². The van der Waals surface area contributed by atoms with Crippen LogP contribution in [0.25, 0.3) is 5.82 Å². The van der Waals surface area contributed by atoms with E-state index in [-0.39, 0.29) is 5.56 Å². The van der Waals surface area contributed by atoms with Gasteiger partial charge in [0.25, 0.3) is 0 Å². The Morgan fingerprint density at radius 1 is 1.37 bits per heavy atom. The summed E-state index contributed by atoms with van der Waals surface area (Å²) in [4.78, 5) is 14.3. The normalized spacial score (nSPS) is 11.6. The number of carbonyl (C=O) groups is 1. The summed E-state index contributed by atoms with van der Waals surface area (Å²) in [5, 5.41) is 12.7. The first-order chi connectivity index (χ1) is 8.79. The number of nitrogens with zero attached hydrogens (tertiary/aromatic N) is 3. The van der Waals surface area contributed by atoms with Gasteiger partial charge in [-0.2, -0.15) is 18.3 Å². The first kappa shape index (κ1) is 13.5. The van der Waals surface area contributed by atoms with Crippen LogP contribution in [0.1, 0.15) is 16.1 Å². The highest BCUT2D eigenvalue weighted by atomic mass is 79.9. The Morgan fingerprint density at radius 2 is 2.05 bits per heavy atom. The second kappa shape index (κ2) is 4.65. The molecule has 0 aliphatic rings. The average Bonchev–Trinajstić information content (AvgIpc) is 2.73. The molecule has 0 bridgehead atoms. The molecular formula is C10H5BrF3N3O2. The monoisotopic (exact) mass is 335 g/mol. The number of carboxylic acids is 1. The molecular weight excluding hydrogens is 331 g/mol. The molecule has 0 amide bonds. The third kappa shape index (κ3) is 2.75. The van der Waals surface area contributed by atoms with E-state index in [4.69, 9.17) is 5.11 Å². The van der Waals surface area contributed by atoms with Crippen molar-refractivity contribution < 1.29 is 23.1 Å². The van der Waals surface area contributed by atoms with Gasteiger partial charge in [0, 0.05) is 6.20 Å². The maximum absolute atomic E-state index is 12.6. The number of hydrogen-bond donors (Lipinski definition) is 1. The van der Waals surface area contributed by atoms with E-state index in [2.05, 4.69) is 26.0 Å². The molecule has 2 heterocycles. The van der Waals surface area contributed by atoms with Gasteiger partial charge in [-0.05, 0) is 28.1 Å². The lowest BCUT2D eigenvalue weighted by atomic mass is 10.2. The number of aromatic carboxylic acids is 1. The standard InChI is InChI=1S/C10H5BrF3N3O2/c11-5-3-15-17(4-5)8-6(9(18)19)1-2-7(16-8)10(12,13)14/h1-4H,(H,18,19). The maximum Gasteiger partial charge on any atom is 0.433 e. The summed E-state index contributed by atoms with van der Waals surface area (Å²) < 4.78 is 39.2. The highest BCUT2D eigenvalue weighted by Crippen LogP contribution is 2.29. The van der Waals surface area contributed by atoms with Gasteiger partial charge < -0.3 is 5.11 Å². The second-order valence-electron chi connectivity index (χ2n) is 3.47. The molecule has 19 heavy (non-hydrogen) atoms. The Morgan fingerprint density at radius 3 is 2.53 bits per heavy atom. The van der Waals surface area contributed by atoms with Crippen LogP contribution in [0.2, 0.25) is 0 Å². The molecule has 1 N–H and O–H groups in total. The summed E-state index contributed by atoms with van der Waals surface area (Å²) >= 11 is 3.07. The predicted molar refractivity (Wildman–Crippen MR) is 61.0 cm³/mol. The van der Waals surface area contributed by atoms with Crippen LogP contribution in [-0.2, 0) is 6.18 Å². The topological polar surface area (TPSA) is 68.0 Å². The largest absolute Gasteiger partial charge is 0.478 e. The van der Waals surface area contributed by atoms with Gasteiger partial charge in [-0.25, -0.2) is 14.5 Å². The minimum absolute atomic E-state index is 0.372. The fraction of sp³-hybridized carbons (Fsp3) is 0.100. The summed E-state index contributed by atoms with van der Waals surface area (Å²) in [5.41, 5.74) is -1.55. The molecule has 2 rings (SSSR count). The Kier molecular flexibility index (Phi) is 3.31. The number of halogens is 4. The van der Waals surface area contributed by atoms with E-state index in [0.29, 0.717) is 10.5 Å². The lowest BCUT2D eigenvalue weighted by Gasteiger charge is -2.10. The number of aromatic nitrogens is 3. The number of rotatable bonds is 2. The van der Waals surface area contributed by atoms with E-state index in [9.17, 15) is 18.0 Å². The predicted octanol–water partition coefficient (Wildman–Crippen LogP) is 2.75. The number of hydrogen-bond acceptors (Lipinski definition) is 3. The average molecular weight is 336 g/mol. The molecule has 0 unspecified atom stereocenters. The zero-order chi connectivity index (χ0) is 14.2. The van der Waals surface area contributed by atoms with Gasteiger partial charge in [-0.1, -0.05) is 0 Å². The summed E-state index contributed by atoms with van der Waals surface area (Å²) in [5.74, 6) is -1.78. The van der Waals surface area contributed by atoms with Gasteiger partial charge in [0.05, 0.1) is 10.7 Å². The van der Waals surface area contributed by atoms with E-state index in [1.165, 1.54) is 12.4 Å². The zero-order valence-electron chi connectivity index (χ0n) is 9.02. The number of alkyl halides is 3. The van der Waals surface area contributed by atoms with Gasteiger partial charge in [0.15, 0.2) is 5.82 Å². The molecule has 0 fully saturated rings. The molecule has 9 heteroatoms. The van der Waals surface area contributed by atoms with Crippen molar-refractivity contribution in [2.45, 2.75) is 6.18 Å².